The zero-order valence-electron chi connectivity index (χ0n) is 15.4. The molecule has 9 nitrogen and oxygen atoms in total. The van der Waals surface area contributed by atoms with Gasteiger partial charge in [-0.2, -0.15) is 0 Å². The third-order valence-corrected chi connectivity index (χ3v) is 3.77. The Labute approximate surface area is 155 Å². The Balaban J connectivity index is 2.12. The maximum atomic E-state index is 12.4. The van der Waals surface area contributed by atoms with Crippen LogP contribution in [0.5, 0.6) is 0 Å². The molecule has 27 heavy (non-hydrogen) atoms. The number of benzene rings is 1. The second kappa shape index (κ2) is 8.17. The van der Waals surface area contributed by atoms with E-state index in [-0.39, 0.29) is 18.4 Å². The topological polar surface area (TPSA) is 130 Å². The van der Waals surface area contributed by atoms with Gasteiger partial charge in [-0.25, -0.2) is 9.59 Å². The van der Waals surface area contributed by atoms with Gasteiger partial charge in [0.15, 0.2) is 0 Å². The van der Waals surface area contributed by atoms with Crippen LogP contribution in [0.15, 0.2) is 33.9 Å². The molecule has 1 amide bonds. The van der Waals surface area contributed by atoms with Crippen molar-refractivity contribution >= 4 is 22.8 Å². The fourth-order valence-corrected chi connectivity index (χ4v) is 2.47. The summed E-state index contributed by atoms with van der Waals surface area (Å²) < 4.78 is 6.21. The predicted molar refractivity (Wildman–Crippen MR) is 98.7 cm³/mol. The lowest BCUT2D eigenvalue weighted by atomic mass is 10.1. The quantitative estimate of drug-likeness (QED) is 0.643. The van der Waals surface area contributed by atoms with E-state index in [4.69, 9.17) is 4.74 Å². The number of nitrogens with one attached hydrogen (secondary N) is 2. The summed E-state index contributed by atoms with van der Waals surface area (Å²) in [6.07, 6.45) is 0.0569. The number of carboxylic acid groups (broad SMARTS) is 1. The highest BCUT2D eigenvalue weighted by Crippen LogP contribution is 2.08. The minimum Gasteiger partial charge on any atom is -0.480 e. The van der Waals surface area contributed by atoms with Gasteiger partial charge in [0, 0.05) is 13.0 Å². The number of carboxylic acids is 1. The van der Waals surface area contributed by atoms with Gasteiger partial charge < -0.3 is 20.1 Å². The molecule has 1 aromatic carbocycles. The number of fused-ring (bicyclic) bond motifs is 1. The third kappa shape index (κ3) is 5.52. The number of rotatable bonds is 7. The lowest BCUT2D eigenvalue weighted by molar-refractivity contribution is -0.143. The van der Waals surface area contributed by atoms with E-state index < -0.39 is 41.3 Å². The Kier molecular flexibility index (Phi) is 6.17. The predicted octanol–water partition coefficient (Wildman–Crippen LogP) is 0.464. The molecule has 0 fully saturated rings. The average molecular weight is 377 g/mol. The molecule has 0 aliphatic heterocycles. The van der Waals surface area contributed by atoms with Gasteiger partial charge in [0.2, 0.25) is 5.91 Å². The summed E-state index contributed by atoms with van der Waals surface area (Å²) in [6, 6.07) is 5.24. The molecule has 1 atom stereocenters. The number of carbonyl (C=O) groups is 2. The number of aromatic nitrogens is 2. The summed E-state index contributed by atoms with van der Waals surface area (Å²) in [6.45, 7) is 5.06. The number of para-hydroxylation sites is 1. The summed E-state index contributed by atoms with van der Waals surface area (Å²) in [5.74, 6) is -1.97. The van der Waals surface area contributed by atoms with E-state index in [0.29, 0.717) is 5.52 Å². The Morgan fingerprint density at radius 2 is 1.93 bits per heavy atom. The Morgan fingerprint density at radius 3 is 2.56 bits per heavy atom. The van der Waals surface area contributed by atoms with Gasteiger partial charge >= 0.3 is 11.7 Å². The Hall–Kier alpha value is -2.94. The Morgan fingerprint density at radius 1 is 1.26 bits per heavy atom. The fourth-order valence-electron chi connectivity index (χ4n) is 2.47. The minimum atomic E-state index is -1.22. The molecule has 2 rings (SSSR count). The highest BCUT2D eigenvalue weighted by molar-refractivity contribution is 5.83. The Bertz CT molecular complexity index is 954. The maximum absolute atomic E-state index is 12.4. The summed E-state index contributed by atoms with van der Waals surface area (Å²) in [4.78, 5) is 50.6. The van der Waals surface area contributed by atoms with E-state index >= 15 is 0 Å². The van der Waals surface area contributed by atoms with Gasteiger partial charge in [-0.1, -0.05) is 12.1 Å². The molecule has 0 aliphatic rings. The lowest BCUT2D eigenvalue weighted by Gasteiger charge is -2.21. The van der Waals surface area contributed by atoms with Crippen molar-refractivity contribution in [3.8, 4) is 0 Å². The van der Waals surface area contributed by atoms with Crippen LogP contribution in [-0.2, 0) is 20.9 Å². The molecular weight excluding hydrogens is 354 g/mol. The highest BCUT2D eigenvalue weighted by atomic mass is 16.5. The van der Waals surface area contributed by atoms with Crippen molar-refractivity contribution in [1.82, 2.24) is 14.9 Å². The number of hydrogen-bond donors (Lipinski definition) is 3. The van der Waals surface area contributed by atoms with E-state index in [2.05, 4.69) is 10.3 Å². The van der Waals surface area contributed by atoms with E-state index in [9.17, 15) is 24.3 Å². The molecule has 146 valence electrons. The number of ether oxygens (including phenoxy) is 1. The van der Waals surface area contributed by atoms with Gasteiger partial charge in [-0.15, -0.1) is 0 Å². The first kappa shape index (κ1) is 20.4. The number of nitrogens with zero attached hydrogens (tertiary/aromatic N) is 1. The number of H-pyrrole nitrogens is 1. The molecule has 0 saturated heterocycles. The molecule has 1 heterocycles. The number of carbonyl (C=O) groups excluding carboxylic acids is 1. The molecule has 0 saturated carbocycles. The number of hydrogen-bond acceptors (Lipinski definition) is 5. The summed E-state index contributed by atoms with van der Waals surface area (Å²) >= 11 is 0. The number of aromatic amines is 1. The molecule has 2 aromatic rings. The first-order chi connectivity index (χ1) is 12.6. The van der Waals surface area contributed by atoms with Gasteiger partial charge in [0.25, 0.3) is 5.56 Å². The summed E-state index contributed by atoms with van der Waals surface area (Å²) in [7, 11) is 0. The largest absolute Gasteiger partial charge is 0.480 e. The van der Waals surface area contributed by atoms with Crippen molar-refractivity contribution in [2.45, 2.75) is 45.4 Å². The van der Waals surface area contributed by atoms with Crippen molar-refractivity contribution in [2.24, 2.45) is 0 Å². The van der Waals surface area contributed by atoms with Crippen molar-refractivity contribution in [3.05, 3.63) is 45.1 Å². The van der Waals surface area contributed by atoms with Crippen LogP contribution >= 0.6 is 0 Å². The smallest absolute Gasteiger partial charge is 0.329 e. The van der Waals surface area contributed by atoms with Crippen molar-refractivity contribution < 1.29 is 19.4 Å². The van der Waals surface area contributed by atoms with Gasteiger partial charge in [0.1, 0.15) is 12.6 Å². The summed E-state index contributed by atoms with van der Waals surface area (Å²) in [5, 5.41) is 11.8. The van der Waals surface area contributed by atoms with E-state index in [0.717, 1.165) is 4.57 Å². The second-order valence-corrected chi connectivity index (χ2v) is 7.07. The first-order valence-electron chi connectivity index (χ1n) is 8.46. The molecule has 9 heteroatoms. The number of amides is 1. The van der Waals surface area contributed by atoms with E-state index in [1.807, 2.05) is 20.8 Å². The SMILES string of the molecule is CC(C)(C)OCCC(NC(=O)Cn1c(=O)[nH]c2ccccc2c1=O)C(=O)O. The van der Waals surface area contributed by atoms with Crippen LogP contribution in [0.25, 0.3) is 10.9 Å². The molecule has 0 bridgehead atoms. The van der Waals surface area contributed by atoms with Crippen molar-refractivity contribution in [3.63, 3.8) is 0 Å². The van der Waals surface area contributed by atoms with Crippen LogP contribution in [0.4, 0.5) is 0 Å². The molecule has 0 spiro atoms. The van der Waals surface area contributed by atoms with Crippen molar-refractivity contribution in [2.75, 3.05) is 6.61 Å². The molecule has 1 unspecified atom stereocenters. The monoisotopic (exact) mass is 377 g/mol. The maximum Gasteiger partial charge on any atom is 0.329 e. The number of aliphatic carboxylic acids is 1. The first-order valence-corrected chi connectivity index (χ1v) is 8.46. The van der Waals surface area contributed by atoms with Crippen LogP contribution in [0.2, 0.25) is 0 Å². The van der Waals surface area contributed by atoms with E-state index in [1.165, 1.54) is 6.07 Å². The van der Waals surface area contributed by atoms with Gasteiger partial charge in [-0.3, -0.25) is 14.2 Å². The van der Waals surface area contributed by atoms with Gasteiger partial charge in [-0.05, 0) is 32.9 Å². The van der Waals surface area contributed by atoms with Crippen LogP contribution in [-0.4, -0.2) is 44.8 Å². The lowest BCUT2D eigenvalue weighted by Crippen LogP contribution is -2.46. The fraction of sp³-hybridized carbons (Fsp3) is 0.444. The van der Waals surface area contributed by atoms with Crippen LogP contribution < -0.4 is 16.6 Å². The zero-order valence-corrected chi connectivity index (χ0v) is 15.4. The molecular formula is C18H23N3O6. The molecule has 0 aliphatic carbocycles. The minimum absolute atomic E-state index is 0.0569. The summed E-state index contributed by atoms with van der Waals surface area (Å²) in [5.41, 5.74) is -1.42. The van der Waals surface area contributed by atoms with Crippen LogP contribution in [0.1, 0.15) is 27.2 Å². The zero-order chi connectivity index (χ0) is 20.2. The van der Waals surface area contributed by atoms with Crippen LogP contribution in [0.3, 0.4) is 0 Å². The standard InChI is InChI=1S/C18H23N3O6/c1-18(2,3)27-9-8-13(16(24)25)19-14(22)10-21-15(23)11-6-4-5-7-12(11)20-17(21)26/h4-7,13H,8-10H2,1-3H3,(H,19,22)(H,20,26)(H,24,25). The second-order valence-electron chi connectivity index (χ2n) is 7.07. The van der Waals surface area contributed by atoms with E-state index in [1.54, 1.807) is 18.2 Å². The average Bonchev–Trinajstić information content (AvgIpc) is 2.56. The van der Waals surface area contributed by atoms with Crippen LogP contribution in [0, 0.1) is 0 Å². The van der Waals surface area contributed by atoms with Gasteiger partial charge in [0.05, 0.1) is 16.5 Å². The van der Waals surface area contributed by atoms with Crippen molar-refractivity contribution in [1.29, 1.82) is 0 Å². The molecule has 1 aromatic heterocycles. The highest BCUT2D eigenvalue weighted by Gasteiger charge is 2.22. The normalized spacial score (nSPS) is 12.7. The molecule has 3 N–H and O–H groups in total. The molecule has 0 radical (unpaired) electrons. The third-order valence-electron chi connectivity index (χ3n) is 3.77.